The molecule has 9 unspecified atom stereocenters. The summed E-state index contributed by atoms with van der Waals surface area (Å²) in [6.07, 6.45) is 17.0. The molecule has 2 fully saturated rings. The molecule has 0 saturated heterocycles. The minimum absolute atomic E-state index is 0.00877. The van der Waals surface area contributed by atoms with Crippen molar-refractivity contribution in [1.29, 1.82) is 0 Å². The summed E-state index contributed by atoms with van der Waals surface area (Å²) in [7, 11) is 1.56. The maximum absolute atomic E-state index is 12.9. The van der Waals surface area contributed by atoms with Gasteiger partial charge in [0.25, 0.3) is 0 Å². The van der Waals surface area contributed by atoms with Crippen molar-refractivity contribution in [2.75, 3.05) is 7.11 Å². The number of hydrogen-bond acceptors (Lipinski definition) is 2. The van der Waals surface area contributed by atoms with Gasteiger partial charge in [0, 0.05) is 46.3 Å². The lowest BCUT2D eigenvalue weighted by atomic mass is 9.56. The average molecular weight is 677 g/mol. The Morgan fingerprint density at radius 3 is 2.55 bits per heavy atom. The molecule has 0 heterocycles. The van der Waals surface area contributed by atoms with Gasteiger partial charge in [0.05, 0.1) is 7.11 Å². The maximum atomic E-state index is 12.9. The van der Waals surface area contributed by atoms with Gasteiger partial charge in [0.15, 0.2) is 0 Å². The molecule has 2 heteroatoms. The van der Waals surface area contributed by atoms with Crippen LogP contribution < -0.4 is 0 Å². The topological polar surface area (TPSA) is 26.3 Å². The molecule has 0 amide bonds. The Labute approximate surface area is 305 Å². The average Bonchev–Trinajstić information content (AvgIpc) is 3.86. The van der Waals surface area contributed by atoms with Gasteiger partial charge >= 0.3 is 5.97 Å². The summed E-state index contributed by atoms with van der Waals surface area (Å²) >= 11 is 0. The Morgan fingerprint density at radius 2 is 1.64 bits per heavy atom. The number of carbonyl (C=O) groups is 1. The number of rotatable bonds is 5. The first-order valence-corrected chi connectivity index (χ1v) is 20.5. The van der Waals surface area contributed by atoms with Crippen molar-refractivity contribution in [1.82, 2.24) is 0 Å². The first-order valence-electron chi connectivity index (χ1n) is 20.5. The third-order valence-electron chi connectivity index (χ3n) is 18.6. The van der Waals surface area contributed by atoms with E-state index in [1.165, 1.54) is 10.9 Å². The zero-order chi connectivity index (χ0) is 33.5. The molecule has 13 aliphatic rings. The van der Waals surface area contributed by atoms with E-state index in [0.29, 0.717) is 41.9 Å². The molecule has 13 aliphatic carbocycles. The van der Waals surface area contributed by atoms with Gasteiger partial charge in [-0.2, -0.15) is 0 Å². The lowest BCUT2D eigenvalue weighted by Gasteiger charge is -2.46. The summed E-state index contributed by atoms with van der Waals surface area (Å²) in [4.78, 5) is 12.9. The second kappa shape index (κ2) is 6.81. The molecule has 248 valence electrons. The van der Waals surface area contributed by atoms with Gasteiger partial charge < -0.3 is 4.74 Å². The number of hydrogen-bond donors (Lipinski definition) is 0. The zero-order valence-electron chi connectivity index (χ0n) is 29.4. The van der Waals surface area contributed by atoms with Crippen LogP contribution in [0.4, 0.5) is 0 Å². The van der Waals surface area contributed by atoms with Gasteiger partial charge in [0.2, 0.25) is 0 Å². The predicted molar refractivity (Wildman–Crippen MR) is 206 cm³/mol. The summed E-state index contributed by atoms with van der Waals surface area (Å²) in [5, 5.41) is 9.77. The highest BCUT2D eigenvalue weighted by molar-refractivity contribution is 6.40. The molecule has 9 atom stereocenters. The van der Waals surface area contributed by atoms with Crippen molar-refractivity contribution >= 4 is 49.4 Å². The van der Waals surface area contributed by atoms with Crippen LogP contribution in [0.3, 0.4) is 0 Å². The lowest BCUT2D eigenvalue weighted by molar-refractivity contribution is -0.140. The van der Waals surface area contributed by atoms with Crippen molar-refractivity contribution < 1.29 is 9.53 Å². The Bertz CT molecular complexity index is 3210. The zero-order valence-corrected chi connectivity index (χ0v) is 29.4. The van der Waals surface area contributed by atoms with Crippen LogP contribution in [-0.2, 0) is 33.2 Å². The smallest absolute Gasteiger partial charge is 0.305 e. The third-order valence-corrected chi connectivity index (χ3v) is 18.6. The highest BCUT2D eigenvalue weighted by Gasteiger charge is 2.97. The fourth-order valence-corrected chi connectivity index (χ4v) is 18.4. The second-order valence-corrected chi connectivity index (χ2v) is 19.3. The number of ether oxygens (including phenoxy) is 1. The molecule has 5 aromatic rings. The van der Waals surface area contributed by atoms with Crippen molar-refractivity contribution in [3.05, 3.63) is 139 Å². The molecule has 53 heavy (non-hydrogen) atoms. The molecule has 0 aromatic heterocycles. The standard InChI is InChI=1S/C51H32O2/c1-53-29(52)8-5-9-49(27-6-3-2-4-7-27)50-28-17-25-16-24-14-20-10-19-11-22-12-21-13-23-15-26(18-28)47-42-33(23)32(21)37-34(22)36-30(19)31(20)38-35(24)43(46(25)50)45-41(38)39(36)40(37)44(42)48(45)51(47,49)50/h2-4,6-7,11-12,14-16,18,24,26,33,35,42,47H,5,8-10,13,17H2,1H3. The van der Waals surface area contributed by atoms with Gasteiger partial charge in [-0.25, -0.2) is 0 Å². The third kappa shape index (κ3) is 1.85. The van der Waals surface area contributed by atoms with Crippen molar-refractivity contribution in [2.24, 2.45) is 23.2 Å². The fourth-order valence-electron chi connectivity index (χ4n) is 18.4. The number of esters is 1. The minimum atomic E-state index is -0.0933. The van der Waals surface area contributed by atoms with E-state index in [1.807, 2.05) is 11.1 Å². The maximum Gasteiger partial charge on any atom is 0.305 e. The molecule has 0 aliphatic heterocycles. The Hall–Kier alpha value is -4.95. The van der Waals surface area contributed by atoms with E-state index < -0.39 is 0 Å². The molecular formula is C51H32O2. The van der Waals surface area contributed by atoms with E-state index in [2.05, 4.69) is 66.8 Å². The Balaban J connectivity index is 1.14. The van der Waals surface area contributed by atoms with Crippen LogP contribution in [0.25, 0.3) is 54.6 Å². The van der Waals surface area contributed by atoms with Gasteiger partial charge in [-0.3, -0.25) is 4.79 Å². The van der Waals surface area contributed by atoms with Crippen molar-refractivity contribution in [3.63, 3.8) is 0 Å². The monoisotopic (exact) mass is 676 g/mol. The van der Waals surface area contributed by atoms with Crippen LogP contribution in [0.5, 0.6) is 0 Å². The SMILES string of the molecule is COC(=O)CCCC1(c2ccccc2)C23C4=CC5C=C6Cc7cc8cc9c%10c%11c%12c%13c(c%14c%15c%16c%13c%10c8c-%16c7C6C%15C5C%1421)C1=C3C(=CC(C=C%11C9)C1%12)C4. The Morgan fingerprint density at radius 1 is 0.774 bits per heavy atom. The quantitative estimate of drug-likeness (QED) is 0.103. The van der Waals surface area contributed by atoms with E-state index in [4.69, 9.17) is 4.74 Å². The number of methoxy groups -OCH3 is 1. The van der Waals surface area contributed by atoms with Gasteiger partial charge in [-0.1, -0.05) is 77.9 Å². The molecule has 18 rings (SSSR count). The largest absolute Gasteiger partial charge is 0.469 e. The van der Waals surface area contributed by atoms with E-state index in [-0.39, 0.29) is 22.2 Å². The summed E-state index contributed by atoms with van der Waals surface area (Å²) in [5.41, 5.74) is 28.7. The minimum Gasteiger partial charge on any atom is -0.469 e. The normalized spacial score (nSPS) is 37.8. The molecule has 2 spiro atoms. The van der Waals surface area contributed by atoms with Crippen LogP contribution in [0.1, 0.15) is 93.5 Å². The van der Waals surface area contributed by atoms with E-state index in [0.717, 1.165) is 32.1 Å². The van der Waals surface area contributed by atoms with Gasteiger partial charge in [-0.15, -0.1) is 0 Å². The van der Waals surface area contributed by atoms with Crippen LogP contribution in [0.2, 0.25) is 0 Å². The van der Waals surface area contributed by atoms with E-state index in [9.17, 15) is 4.79 Å². The van der Waals surface area contributed by atoms with Crippen LogP contribution in [0, 0.1) is 23.2 Å². The summed E-state index contributed by atoms with van der Waals surface area (Å²) in [6.45, 7) is 0. The fraction of sp³-hybridized carbons (Fsp3) is 0.314. The van der Waals surface area contributed by atoms with E-state index in [1.54, 1.807) is 112 Å². The highest BCUT2D eigenvalue weighted by atomic mass is 16.5. The number of allylic oxidation sites excluding steroid dienone is 10. The van der Waals surface area contributed by atoms with Crippen LogP contribution in [0.15, 0.2) is 89.1 Å². The molecule has 0 radical (unpaired) electrons. The summed E-state index contributed by atoms with van der Waals surface area (Å²) in [6, 6.07) is 17.2. The summed E-state index contributed by atoms with van der Waals surface area (Å²) < 4.78 is 5.32. The molecule has 0 N–H and O–H groups in total. The Kier molecular flexibility index (Phi) is 3.23. The number of carbonyl (C=O) groups excluding carboxylic acids is 1. The molecule has 0 bridgehead atoms. The van der Waals surface area contributed by atoms with Crippen LogP contribution >= 0.6 is 0 Å². The lowest BCUT2D eigenvalue weighted by Crippen LogP contribution is -2.41. The molecule has 5 aromatic carbocycles. The molecular weight excluding hydrogens is 645 g/mol. The predicted octanol–water partition coefficient (Wildman–Crippen LogP) is 10.3. The first kappa shape index (κ1) is 25.1. The van der Waals surface area contributed by atoms with Crippen molar-refractivity contribution in [2.45, 2.75) is 67.1 Å². The van der Waals surface area contributed by atoms with Gasteiger partial charge in [-0.05, 0) is 160 Å². The van der Waals surface area contributed by atoms with Gasteiger partial charge in [0.1, 0.15) is 0 Å². The van der Waals surface area contributed by atoms with Crippen molar-refractivity contribution in [3.8, 4) is 11.1 Å². The highest BCUT2D eigenvalue weighted by Crippen LogP contribution is 3.00. The number of benzene rings is 5. The molecule has 2 saturated carbocycles. The second-order valence-electron chi connectivity index (χ2n) is 19.3. The molecule has 2 nitrogen and oxygen atoms in total. The summed E-state index contributed by atoms with van der Waals surface area (Å²) in [5.74, 6) is 2.81. The van der Waals surface area contributed by atoms with E-state index >= 15 is 0 Å². The first-order chi connectivity index (χ1) is 26.1. The van der Waals surface area contributed by atoms with Crippen LogP contribution in [-0.4, -0.2) is 13.1 Å².